The molecular formula is C34H39Cl3F3N4O12PS. The molecule has 0 spiro atoms. The van der Waals surface area contributed by atoms with Gasteiger partial charge in [-0.15, -0.1) is 16.7 Å². The second-order valence-corrected chi connectivity index (χ2v) is 18.6. The van der Waals surface area contributed by atoms with Crippen LogP contribution in [0.2, 0.25) is 10.0 Å². The Hall–Kier alpha value is -3.91. The highest BCUT2D eigenvalue weighted by atomic mass is 35.5. The van der Waals surface area contributed by atoms with Gasteiger partial charge in [0.05, 0.1) is 16.5 Å². The van der Waals surface area contributed by atoms with E-state index in [0.29, 0.717) is 11.1 Å². The third-order valence-corrected chi connectivity index (χ3v) is 11.2. The quantitative estimate of drug-likeness (QED) is 0.0685. The molecule has 1 aliphatic carbocycles. The highest BCUT2D eigenvalue weighted by Gasteiger charge is 2.37. The Morgan fingerprint density at radius 2 is 1.67 bits per heavy atom. The van der Waals surface area contributed by atoms with Gasteiger partial charge in [-0.25, -0.2) is 22.2 Å². The lowest BCUT2D eigenvalue weighted by Crippen LogP contribution is -2.35. The normalized spacial score (nSPS) is 15.3. The zero-order chi connectivity index (χ0) is 44.4. The molecule has 2 aromatic carbocycles. The number of nitrogens with two attached hydrogens (primary N) is 1. The number of Topliss-reactive ketones (excluding diaryl/α,β-unsaturated/α-hetero) is 3. The predicted molar refractivity (Wildman–Crippen MR) is 206 cm³/mol. The van der Waals surface area contributed by atoms with Crippen LogP contribution in [0.3, 0.4) is 0 Å². The molecular weight excluding hydrogens is 883 g/mol. The fourth-order valence-corrected chi connectivity index (χ4v) is 7.25. The van der Waals surface area contributed by atoms with Crippen molar-refractivity contribution in [1.82, 2.24) is 14.3 Å². The summed E-state index contributed by atoms with van der Waals surface area (Å²) in [4.78, 5) is 78.4. The fourth-order valence-electron chi connectivity index (χ4n) is 5.05. The van der Waals surface area contributed by atoms with Gasteiger partial charge in [0.15, 0.2) is 40.4 Å². The monoisotopic (exact) mass is 920 g/mol. The summed E-state index contributed by atoms with van der Waals surface area (Å²) in [6.07, 6.45) is 1.76. The zero-order valence-corrected chi connectivity index (χ0v) is 35.1. The Morgan fingerprint density at radius 1 is 1.09 bits per heavy atom. The van der Waals surface area contributed by atoms with Crippen LogP contribution in [-0.4, -0.2) is 99.2 Å². The molecule has 1 fully saturated rings. The van der Waals surface area contributed by atoms with E-state index in [0.717, 1.165) is 24.5 Å². The number of ketones is 3. The third kappa shape index (κ3) is 14.1. The van der Waals surface area contributed by atoms with Crippen LogP contribution in [0.15, 0.2) is 40.0 Å². The summed E-state index contributed by atoms with van der Waals surface area (Å²) >= 11 is 17.8. The van der Waals surface area contributed by atoms with Gasteiger partial charge in [-0.2, -0.15) is 13.5 Å². The van der Waals surface area contributed by atoms with E-state index in [9.17, 15) is 54.9 Å². The van der Waals surface area contributed by atoms with E-state index in [1.165, 1.54) is 25.7 Å². The molecule has 0 amide bonds. The largest absolute Gasteiger partial charge is 0.480 e. The summed E-state index contributed by atoms with van der Waals surface area (Å²) in [5.41, 5.74) is 3.72. The second-order valence-electron chi connectivity index (χ2n) is 12.7. The van der Waals surface area contributed by atoms with Crippen molar-refractivity contribution < 1.29 is 64.9 Å². The van der Waals surface area contributed by atoms with Crippen LogP contribution < -0.4 is 11.4 Å². The van der Waals surface area contributed by atoms with Gasteiger partial charge in [0, 0.05) is 48.9 Å². The first kappa shape index (κ1) is 50.2. The number of ether oxygens (including phenoxy) is 1. The number of esters is 1. The topological polar surface area (TPSA) is 252 Å². The number of aliphatic carboxylic acids is 1. The van der Waals surface area contributed by atoms with E-state index in [-0.39, 0.29) is 80.6 Å². The maximum atomic E-state index is 14.2. The first-order valence-corrected chi connectivity index (χ1v) is 22.2. The molecule has 320 valence electrons. The summed E-state index contributed by atoms with van der Waals surface area (Å²) in [5, 5.41) is 10.7. The molecule has 1 aromatic heterocycles. The Labute approximate surface area is 344 Å². The lowest BCUT2D eigenvalue weighted by Gasteiger charge is -2.18. The number of carboxylic acids is 1. The van der Waals surface area contributed by atoms with Crippen LogP contribution in [0.25, 0.3) is 5.69 Å². The van der Waals surface area contributed by atoms with Gasteiger partial charge >= 0.3 is 24.2 Å². The number of carbonyl (C=O) groups excluding carboxylic acids is 4. The van der Waals surface area contributed by atoms with Gasteiger partial charge in [-0.1, -0.05) is 23.2 Å². The van der Waals surface area contributed by atoms with E-state index < -0.39 is 81.9 Å². The number of halogens is 6. The average molecular weight is 922 g/mol. The molecule has 0 bridgehead atoms. The molecule has 58 heavy (non-hydrogen) atoms. The van der Waals surface area contributed by atoms with Crippen molar-refractivity contribution >= 4 is 81.3 Å². The van der Waals surface area contributed by atoms with Crippen molar-refractivity contribution in [1.29, 1.82) is 0 Å². The summed E-state index contributed by atoms with van der Waals surface area (Å²) in [6.45, 7) is 0.987. The molecule has 0 aliphatic heterocycles. The van der Waals surface area contributed by atoms with E-state index >= 15 is 0 Å². The molecule has 1 saturated carbocycles. The van der Waals surface area contributed by atoms with E-state index in [4.69, 9.17) is 55.3 Å². The van der Waals surface area contributed by atoms with Crippen molar-refractivity contribution in [3.05, 3.63) is 73.6 Å². The molecule has 24 heteroatoms. The minimum atomic E-state index is -3.44. The Kier molecular flexibility index (Phi) is 18.5. The summed E-state index contributed by atoms with van der Waals surface area (Å²) in [5.74, 6) is -5.83. The van der Waals surface area contributed by atoms with E-state index in [2.05, 4.69) is 5.10 Å². The van der Waals surface area contributed by atoms with Crippen LogP contribution in [0.5, 0.6) is 0 Å². The molecule has 0 saturated heterocycles. The maximum absolute atomic E-state index is 14.2. The Balaban J connectivity index is 0.000000325. The lowest BCUT2D eigenvalue weighted by molar-refractivity contribution is -0.142. The summed E-state index contributed by atoms with van der Waals surface area (Å²) in [7, 11) is -6.55. The van der Waals surface area contributed by atoms with Gasteiger partial charge < -0.3 is 20.5 Å². The van der Waals surface area contributed by atoms with Crippen molar-refractivity contribution in [2.75, 3.05) is 25.7 Å². The zero-order valence-electron chi connectivity index (χ0n) is 31.2. The highest BCUT2D eigenvalue weighted by molar-refractivity contribution is 7.90. The molecule has 3 atom stereocenters. The van der Waals surface area contributed by atoms with Gasteiger partial charge in [-0.05, 0) is 62.6 Å². The predicted octanol–water partition coefficient (Wildman–Crippen LogP) is 4.80. The highest BCUT2D eigenvalue weighted by Crippen LogP contribution is 2.36. The number of benzene rings is 2. The molecule has 4 rings (SSSR count). The van der Waals surface area contributed by atoms with Crippen LogP contribution in [0, 0.1) is 18.7 Å². The van der Waals surface area contributed by atoms with Crippen molar-refractivity contribution in [3.8, 4) is 5.69 Å². The number of hydrogen-bond donors (Lipinski definition) is 3. The average Bonchev–Trinajstić information content (AvgIpc) is 3.40. The number of sulfone groups is 1. The summed E-state index contributed by atoms with van der Waals surface area (Å²) in [6, 6.07) is 4.64. The molecule has 3 aromatic rings. The van der Waals surface area contributed by atoms with Crippen LogP contribution >= 0.6 is 42.2 Å². The maximum Gasteiger partial charge on any atom is 0.355 e. The van der Waals surface area contributed by atoms with Gasteiger partial charge in [0.25, 0.3) is 0 Å². The van der Waals surface area contributed by atoms with Crippen molar-refractivity contribution in [2.24, 2.45) is 11.7 Å². The third-order valence-electron chi connectivity index (χ3n) is 8.02. The first-order chi connectivity index (χ1) is 26.7. The number of aromatic nitrogens is 3. The Morgan fingerprint density at radius 3 is 2.14 bits per heavy atom. The summed E-state index contributed by atoms with van der Waals surface area (Å²) < 4.78 is 79.0. The smallest absolute Gasteiger partial charge is 0.355 e. The van der Waals surface area contributed by atoms with Gasteiger partial charge in [-0.3, -0.25) is 28.5 Å². The number of hydrogen-bond acceptors (Lipinski definition) is 12. The number of carboxylic acid groups (broad SMARTS) is 1. The number of carbonyl (C=O) groups is 5. The van der Waals surface area contributed by atoms with Gasteiger partial charge in [0.1, 0.15) is 28.8 Å². The first-order valence-electron chi connectivity index (χ1n) is 16.8. The van der Waals surface area contributed by atoms with Crippen LogP contribution in [-0.2, 0) is 44.7 Å². The fraction of sp³-hybridized carbons (Fsp3) is 0.441. The van der Waals surface area contributed by atoms with Crippen molar-refractivity contribution in [2.45, 2.75) is 68.8 Å². The number of alkyl halides is 3. The molecule has 3 unspecified atom stereocenters. The van der Waals surface area contributed by atoms with E-state index in [1.54, 1.807) is 6.92 Å². The number of rotatable bonds is 13. The molecule has 4 N–H and O–H groups in total. The van der Waals surface area contributed by atoms with E-state index in [1.807, 2.05) is 0 Å². The van der Waals surface area contributed by atoms with Crippen LogP contribution in [0.4, 0.5) is 13.2 Å². The van der Waals surface area contributed by atoms with Gasteiger partial charge in [0.2, 0.25) is 0 Å². The molecule has 1 aliphatic rings. The number of aryl methyl sites for hydroxylation is 1. The van der Waals surface area contributed by atoms with Crippen LogP contribution in [0.1, 0.15) is 60.9 Å². The Bertz CT molecular complexity index is 2250. The molecule has 16 nitrogen and oxygen atoms in total. The van der Waals surface area contributed by atoms with Crippen molar-refractivity contribution in [3.63, 3.8) is 0 Å². The number of nitrogens with zero attached hydrogens (tertiary/aromatic N) is 3. The standard InChI is InChI=1S/C15H14Cl2F3N3O3.C14H13ClO5S.C5H12NO4P/c1-3-26-13(24)10(17)4-8-5-12(11(18)6-9(8)16)23-15(25)22(14(19)20)7(2)21-23;1-21(19,20)8-5-6-9(10(15)7-8)14(18)13-11(16)3-2-4-12(13)17;1-11(9,10)3-2-4(6)5(7)8/h5-6,10,14H,3-4H2,1-2H3;5-7,13H,2-4H2,1H3;4H,2-3,6H2,1H3,(H,7,8)(H,9,10). The lowest BCUT2D eigenvalue weighted by atomic mass is 9.82. The SMILES string of the molecule is CCOC(=O)C(Cl)Cc1cc(-n2nc(C)n(C(F)F)c2=O)c(F)cc1Cl.CP(=O)(O)CCC(N)C(=O)O.CS(=O)(=O)c1ccc(C(=O)C2C(=O)CCCC2=O)c(Cl)c1. The minimum absolute atomic E-state index is 0.00216. The molecule has 1 heterocycles. The molecule has 0 radical (unpaired) electrons. The second kappa shape index (κ2) is 21.4. The minimum Gasteiger partial charge on any atom is -0.480 e.